The maximum atomic E-state index is 12.0. The van der Waals surface area contributed by atoms with Crippen LogP contribution in [0.5, 0.6) is 0 Å². The molecule has 0 radical (unpaired) electrons. The predicted molar refractivity (Wildman–Crippen MR) is 101 cm³/mol. The standard InChI is InChI=1S/C19H20N2O5S/c1-2-13-5-7-14(8-6-13)15(22)12-26-18(24)11-20-17(23)10-21-19(25)16-4-3-9-27-16/h3-9H,2,10-12H2,1H3,(H,20,23)(H,21,25). The maximum absolute atomic E-state index is 12.0. The SMILES string of the molecule is CCc1ccc(C(=O)COC(=O)CNC(=O)CNC(=O)c2cccs2)cc1. The van der Waals surface area contributed by atoms with Crippen LogP contribution in [0.1, 0.15) is 32.5 Å². The summed E-state index contributed by atoms with van der Waals surface area (Å²) in [4.78, 5) is 47.4. The molecule has 0 fully saturated rings. The summed E-state index contributed by atoms with van der Waals surface area (Å²) in [5, 5.41) is 6.52. The lowest BCUT2D eigenvalue weighted by molar-refractivity contribution is -0.142. The van der Waals surface area contributed by atoms with Gasteiger partial charge in [0.15, 0.2) is 12.4 Å². The van der Waals surface area contributed by atoms with Gasteiger partial charge in [0.05, 0.1) is 11.4 Å². The molecule has 1 aromatic heterocycles. The molecule has 0 saturated carbocycles. The Morgan fingerprint density at radius 2 is 1.74 bits per heavy atom. The first-order chi connectivity index (χ1) is 13.0. The van der Waals surface area contributed by atoms with Gasteiger partial charge in [-0.15, -0.1) is 11.3 Å². The molecule has 8 heteroatoms. The monoisotopic (exact) mass is 388 g/mol. The van der Waals surface area contributed by atoms with E-state index in [1.54, 1.807) is 29.6 Å². The first-order valence-corrected chi connectivity index (χ1v) is 9.23. The van der Waals surface area contributed by atoms with E-state index in [9.17, 15) is 19.2 Å². The molecule has 2 aromatic rings. The summed E-state index contributed by atoms with van der Waals surface area (Å²) < 4.78 is 4.86. The molecule has 0 aliphatic carbocycles. The lowest BCUT2D eigenvalue weighted by Crippen LogP contribution is -2.39. The summed E-state index contributed by atoms with van der Waals surface area (Å²) in [5.41, 5.74) is 1.57. The van der Waals surface area contributed by atoms with Crippen molar-refractivity contribution in [1.29, 1.82) is 0 Å². The number of rotatable bonds is 9. The fourth-order valence-corrected chi connectivity index (χ4v) is 2.74. The van der Waals surface area contributed by atoms with Gasteiger partial charge in [-0.3, -0.25) is 19.2 Å². The van der Waals surface area contributed by atoms with Crippen molar-refractivity contribution in [1.82, 2.24) is 10.6 Å². The predicted octanol–water partition coefficient (Wildman–Crippen LogP) is 1.58. The Balaban J connectivity index is 1.65. The van der Waals surface area contributed by atoms with Crippen molar-refractivity contribution in [2.75, 3.05) is 19.7 Å². The van der Waals surface area contributed by atoms with Gasteiger partial charge >= 0.3 is 5.97 Å². The van der Waals surface area contributed by atoms with E-state index in [1.165, 1.54) is 11.3 Å². The molecule has 0 atom stereocenters. The van der Waals surface area contributed by atoms with E-state index < -0.39 is 18.5 Å². The molecule has 7 nitrogen and oxygen atoms in total. The Morgan fingerprint density at radius 3 is 2.37 bits per heavy atom. The Bertz CT molecular complexity index is 800. The molecular weight excluding hydrogens is 368 g/mol. The van der Waals surface area contributed by atoms with Gasteiger partial charge in [-0.25, -0.2) is 0 Å². The number of thiophene rings is 1. The third kappa shape index (κ3) is 6.67. The van der Waals surface area contributed by atoms with Crippen molar-refractivity contribution in [3.05, 3.63) is 57.8 Å². The highest BCUT2D eigenvalue weighted by Crippen LogP contribution is 2.07. The number of aryl methyl sites for hydroxylation is 1. The average Bonchev–Trinajstić information content (AvgIpc) is 3.23. The zero-order chi connectivity index (χ0) is 19.6. The quantitative estimate of drug-likeness (QED) is 0.502. The first kappa shape index (κ1) is 20.3. The fourth-order valence-electron chi connectivity index (χ4n) is 2.10. The number of carbonyl (C=O) groups excluding carboxylic acids is 4. The highest BCUT2D eigenvalue weighted by atomic mass is 32.1. The van der Waals surface area contributed by atoms with Gasteiger partial charge in [-0.1, -0.05) is 37.3 Å². The van der Waals surface area contributed by atoms with E-state index in [1.807, 2.05) is 19.1 Å². The smallest absolute Gasteiger partial charge is 0.325 e. The van der Waals surface area contributed by atoms with E-state index in [0.717, 1.165) is 12.0 Å². The Kier molecular flexibility index (Phi) is 7.69. The molecule has 27 heavy (non-hydrogen) atoms. The van der Waals surface area contributed by atoms with Crippen molar-refractivity contribution in [2.24, 2.45) is 0 Å². The van der Waals surface area contributed by atoms with Crippen molar-refractivity contribution < 1.29 is 23.9 Å². The van der Waals surface area contributed by atoms with Gasteiger partial charge in [0, 0.05) is 5.56 Å². The van der Waals surface area contributed by atoms with Crippen LogP contribution >= 0.6 is 11.3 Å². The number of hydrogen-bond donors (Lipinski definition) is 2. The van der Waals surface area contributed by atoms with Crippen molar-refractivity contribution in [3.8, 4) is 0 Å². The molecule has 0 bridgehead atoms. The molecule has 142 valence electrons. The molecule has 0 unspecified atom stereocenters. The third-order valence-corrected chi connectivity index (χ3v) is 4.50. The number of amides is 2. The van der Waals surface area contributed by atoms with Gasteiger partial charge in [0.25, 0.3) is 5.91 Å². The molecule has 0 aliphatic heterocycles. The summed E-state index contributed by atoms with van der Waals surface area (Å²) >= 11 is 1.26. The Labute approximate surface area is 160 Å². The minimum atomic E-state index is -0.730. The van der Waals surface area contributed by atoms with Crippen LogP contribution in [-0.2, 0) is 20.7 Å². The van der Waals surface area contributed by atoms with Gasteiger partial charge in [-0.2, -0.15) is 0 Å². The van der Waals surface area contributed by atoms with Crippen LogP contribution in [0.2, 0.25) is 0 Å². The Morgan fingerprint density at radius 1 is 1.00 bits per heavy atom. The third-order valence-electron chi connectivity index (χ3n) is 3.63. The second-order valence-electron chi connectivity index (χ2n) is 5.57. The van der Waals surface area contributed by atoms with Gasteiger partial charge < -0.3 is 15.4 Å². The molecular formula is C19H20N2O5S. The van der Waals surface area contributed by atoms with Gasteiger partial charge in [0.1, 0.15) is 6.54 Å². The van der Waals surface area contributed by atoms with E-state index in [0.29, 0.717) is 10.4 Å². The van der Waals surface area contributed by atoms with Crippen LogP contribution in [0.15, 0.2) is 41.8 Å². The molecule has 0 spiro atoms. The largest absolute Gasteiger partial charge is 0.456 e. The summed E-state index contributed by atoms with van der Waals surface area (Å²) in [6.07, 6.45) is 0.872. The summed E-state index contributed by atoms with van der Waals surface area (Å²) in [7, 11) is 0. The van der Waals surface area contributed by atoms with E-state index in [2.05, 4.69) is 10.6 Å². The number of ether oxygens (including phenoxy) is 1. The highest BCUT2D eigenvalue weighted by Gasteiger charge is 2.12. The van der Waals surface area contributed by atoms with E-state index >= 15 is 0 Å². The molecule has 0 saturated heterocycles. The average molecular weight is 388 g/mol. The van der Waals surface area contributed by atoms with Crippen molar-refractivity contribution >= 4 is 34.9 Å². The maximum Gasteiger partial charge on any atom is 0.325 e. The van der Waals surface area contributed by atoms with Crippen LogP contribution in [0.4, 0.5) is 0 Å². The van der Waals surface area contributed by atoms with Crippen LogP contribution in [0.3, 0.4) is 0 Å². The van der Waals surface area contributed by atoms with Crippen molar-refractivity contribution in [3.63, 3.8) is 0 Å². The summed E-state index contributed by atoms with van der Waals surface area (Å²) in [6, 6.07) is 10.4. The number of ketones is 1. The lowest BCUT2D eigenvalue weighted by Gasteiger charge is -2.07. The van der Waals surface area contributed by atoms with Gasteiger partial charge in [0.2, 0.25) is 5.91 Å². The van der Waals surface area contributed by atoms with Crippen LogP contribution in [-0.4, -0.2) is 43.3 Å². The fraction of sp³-hybridized carbons (Fsp3) is 0.263. The molecule has 2 rings (SSSR count). The van der Waals surface area contributed by atoms with Crippen LogP contribution in [0.25, 0.3) is 0 Å². The van der Waals surface area contributed by atoms with Crippen LogP contribution in [0, 0.1) is 0 Å². The molecule has 1 aromatic carbocycles. The number of nitrogens with one attached hydrogen (secondary N) is 2. The first-order valence-electron chi connectivity index (χ1n) is 8.35. The van der Waals surface area contributed by atoms with E-state index in [-0.39, 0.29) is 24.8 Å². The number of esters is 1. The zero-order valence-electron chi connectivity index (χ0n) is 14.8. The minimum Gasteiger partial charge on any atom is -0.456 e. The second-order valence-corrected chi connectivity index (χ2v) is 6.52. The highest BCUT2D eigenvalue weighted by molar-refractivity contribution is 7.12. The number of benzene rings is 1. The second kappa shape index (κ2) is 10.2. The van der Waals surface area contributed by atoms with E-state index in [4.69, 9.17) is 4.74 Å². The lowest BCUT2D eigenvalue weighted by atomic mass is 10.1. The number of hydrogen-bond acceptors (Lipinski definition) is 6. The topological polar surface area (TPSA) is 102 Å². The molecule has 1 heterocycles. The number of carbonyl (C=O) groups is 4. The normalized spacial score (nSPS) is 10.1. The van der Waals surface area contributed by atoms with Crippen LogP contribution < -0.4 is 10.6 Å². The number of Topliss-reactive ketones (excluding diaryl/α,β-unsaturated/α-hetero) is 1. The summed E-state index contributed by atoms with van der Waals surface area (Å²) in [6.45, 7) is 0.984. The minimum absolute atomic E-state index is 0.257. The van der Waals surface area contributed by atoms with Gasteiger partial charge in [-0.05, 0) is 23.4 Å². The summed E-state index contributed by atoms with van der Waals surface area (Å²) in [5.74, 6) is -1.94. The molecule has 2 N–H and O–H groups in total. The van der Waals surface area contributed by atoms with Crippen molar-refractivity contribution in [2.45, 2.75) is 13.3 Å². The zero-order valence-corrected chi connectivity index (χ0v) is 15.6. The Hall–Kier alpha value is -3.00. The molecule has 2 amide bonds. The molecule has 0 aliphatic rings.